The molecule has 122 valence electrons. The molecule has 0 spiro atoms. The van der Waals surface area contributed by atoms with Crippen molar-refractivity contribution in [1.82, 2.24) is 4.31 Å². The van der Waals surface area contributed by atoms with E-state index in [1.165, 1.54) is 37.7 Å². The smallest absolute Gasteiger partial charge is 0.104 e. The highest BCUT2D eigenvalue weighted by Crippen LogP contribution is 2.63. The molecule has 2 unspecified atom stereocenters. The third kappa shape index (κ3) is 3.40. The molecule has 0 aromatic carbocycles. The predicted octanol–water partition coefficient (Wildman–Crippen LogP) is 5.01. The van der Waals surface area contributed by atoms with Crippen molar-refractivity contribution >= 4 is 10.2 Å². The average Bonchev–Trinajstić information content (AvgIpc) is 2.95. The zero-order valence-electron chi connectivity index (χ0n) is 14.2. The summed E-state index contributed by atoms with van der Waals surface area (Å²) in [5.74, 6) is 1.03. The van der Waals surface area contributed by atoms with E-state index in [1.807, 2.05) is 0 Å². The van der Waals surface area contributed by atoms with Crippen molar-refractivity contribution in [2.24, 2.45) is 11.8 Å². The summed E-state index contributed by atoms with van der Waals surface area (Å²) in [6, 6.07) is 0. The fourth-order valence-electron chi connectivity index (χ4n) is 3.72. The lowest BCUT2D eigenvalue weighted by Gasteiger charge is -2.47. The second kappa shape index (κ2) is 7.34. The maximum absolute atomic E-state index is 10.9. The van der Waals surface area contributed by atoms with Crippen LogP contribution in [0.2, 0.25) is 0 Å². The highest BCUT2D eigenvalue weighted by Gasteiger charge is 2.38. The Morgan fingerprint density at radius 2 is 1.81 bits per heavy atom. The quantitative estimate of drug-likeness (QED) is 0.745. The van der Waals surface area contributed by atoms with Crippen molar-refractivity contribution in [2.75, 3.05) is 13.1 Å². The van der Waals surface area contributed by atoms with Gasteiger partial charge in [-0.25, -0.2) is 0 Å². The summed E-state index contributed by atoms with van der Waals surface area (Å²) in [5, 5.41) is 15.8. The Hall–Kier alpha value is -0.250. The Kier molecular flexibility index (Phi) is 5.98. The van der Waals surface area contributed by atoms with Gasteiger partial charge in [0.2, 0.25) is 0 Å². The van der Waals surface area contributed by atoms with Crippen LogP contribution in [-0.4, -0.2) is 27.9 Å². The molecule has 1 N–H and O–H groups in total. The fourth-order valence-corrected chi connectivity index (χ4v) is 7.58. The maximum Gasteiger partial charge on any atom is 0.104 e. The summed E-state index contributed by atoms with van der Waals surface area (Å²) in [4.78, 5) is 0. The first-order valence-corrected chi connectivity index (χ1v) is 10.5. The normalized spacial score (nSPS) is 31.5. The van der Waals surface area contributed by atoms with Gasteiger partial charge in [-0.2, -0.15) is 0 Å². The number of hydrogen-bond donors (Lipinski definition) is 1. The molecule has 0 radical (unpaired) electrons. The summed E-state index contributed by atoms with van der Waals surface area (Å²) in [7, 11) is -1.33. The van der Waals surface area contributed by atoms with Gasteiger partial charge in [0.1, 0.15) is 5.44 Å². The molecular weight excluding hydrogens is 278 g/mol. The molecule has 1 fully saturated rings. The van der Waals surface area contributed by atoms with Crippen LogP contribution < -0.4 is 0 Å². The lowest BCUT2D eigenvalue weighted by Crippen LogP contribution is -2.34. The predicted molar refractivity (Wildman–Crippen MR) is 95.2 cm³/mol. The molecule has 0 aromatic rings. The van der Waals surface area contributed by atoms with Crippen LogP contribution >= 0.6 is 10.2 Å². The third-order valence-corrected chi connectivity index (χ3v) is 8.94. The van der Waals surface area contributed by atoms with E-state index in [2.05, 4.69) is 48.9 Å². The Labute approximate surface area is 132 Å². The summed E-state index contributed by atoms with van der Waals surface area (Å²) in [6.07, 6.45) is 9.15. The van der Waals surface area contributed by atoms with Gasteiger partial charge < -0.3 is 5.11 Å². The van der Waals surface area contributed by atoms with Gasteiger partial charge in [-0.1, -0.05) is 53.0 Å². The molecule has 1 heterocycles. The number of hydrogen-bond acceptors (Lipinski definition) is 2. The summed E-state index contributed by atoms with van der Waals surface area (Å²) >= 11 is 0. The molecule has 21 heavy (non-hydrogen) atoms. The van der Waals surface area contributed by atoms with Gasteiger partial charge in [-0.3, -0.25) is 4.31 Å². The first-order valence-electron chi connectivity index (χ1n) is 8.70. The molecule has 2 aliphatic rings. The van der Waals surface area contributed by atoms with E-state index in [-0.39, 0.29) is 5.44 Å². The van der Waals surface area contributed by atoms with Gasteiger partial charge in [0.25, 0.3) is 0 Å². The van der Waals surface area contributed by atoms with E-state index in [0.717, 1.165) is 19.0 Å². The second-order valence-electron chi connectivity index (χ2n) is 6.73. The Bertz CT molecular complexity index is 390. The first kappa shape index (κ1) is 17.1. The molecule has 1 aliphatic carbocycles. The fraction of sp³-hybridized carbons (Fsp3) is 0.778. The maximum atomic E-state index is 10.9. The van der Waals surface area contributed by atoms with Crippen molar-refractivity contribution in [3.05, 3.63) is 22.5 Å². The highest BCUT2D eigenvalue weighted by atomic mass is 32.3. The number of nitrogens with zero attached hydrogens (tertiary/aromatic N) is 1. The van der Waals surface area contributed by atoms with E-state index in [0.29, 0.717) is 5.92 Å². The zero-order valence-corrected chi connectivity index (χ0v) is 15.0. The van der Waals surface area contributed by atoms with Crippen molar-refractivity contribution in [3.8, 4) is 0 Å². The Balaban J connectivity index is 2.29. The van der Waals surface area contributed by atoms with Gasteiger partial charge in [0.15, 0.2) is 0 Å². The number of allylic oxidation sites excluding steroid dienone is 2. The van der Waals surface area contributed by atoms with Gasteiger partial charge in [0.05, 0.1) is 0 Å². The van der Waals surface area contributed by atoms with Crippen LogP contribution in [0.4, 0.5) is 0 Å². The topological polar surface area (TPSA) is 23.5 Å². The molecule has 0 aromatic heterocycles. The monoisotopic (exact) mass is 311 g/mol. The molecule has 1 saturated carbocycles. The molecular formula is C18H33NOS. The summed E-state index contributed by atoms with van der Waals surface area (Å²) in [5.41, 5.74) is 1.26. The second-order valence-corrected chi connectivity index (χ2v) is 9.69. The molecule has 0 saturated heterocycles. The van der Waals surface area contributed by atoms with Crippen LogP contribution in [0.25, 0.3) is 0 Å². The van der Waals surface area contributed by atoms with Crippen LogP contribution in [0.15, 0.2) is 22.5 Å². The molecule has 0 amide bonds. The van der Waals surface area contributed by atoms with Crippen molar-refractivity contribution in [2.45, 2.75) is 65.2 Å². The lowest BCUT2D eigenvalue weighted by molar-refractivity contribution is 0.202. The van der Waals surface area contributed by atoms with Crippen LogP contribution in [0.1, 0.15) is 59.8 Å². The highest BCUT2D eigenvalue weighted by molar-refractivity contribution is 8.37. The number of aliphatic hydroxyl groups excluding tert-OH is 1. The largest absolute Gasteiger partial charge is 0.382 e. The van der Waals surface area contributed by atoms with E-state index in [9.17, 15) is 5.11 Å². The van der Waals surface area contributed by atoms with Gasteiger partial charge in [0, 0.05) is 13.1 Å². The van der Waals surface area contributed by atoms with Crippen LogP contribution in [0.3, 0.4) is 0 Å². The summed E-state index contributed by atoms with van der Waals surface area (Å²) in [6.45, 7) is 10.7. The zero-order chi connectivity index (χ0) is 15.5. The first-order chi connectivity index (χ1) is 10.0. The Morgan fingerprint density at radius 1 is 1.19 bits per heavy atom. The molecule has 3 heteroatoms. The van der Waals surface area contributed by atoms with Crippen molar-refractivity contribution in [1.29, 1.82) is 0 Å². The molecule has 0 bridgehead atoms. The lowest BCUT2D eigenvalue weighted by atomic mass is 9.84. The Morgan fingerprint density at radius 3 is 2.33 bits per heavy atom. The van der Waals surface area contributed by atoms with Gasteiger partial charge >= 0.3 is 0 Å². The molecule has 2 nitrogen and oxygen atoms in total. The molecule has 2 rings (SSSR count). The van der Waals surface area contributed by atoms with Crippen molar-refractivity contribution < 1.29 is 5.11 Å². The van der Waals surface area contributed by atoms with E-state index >= 15 is 0 Å². The van der Waals surface area contributed by atoms with Crippen LogP contribution in [0, 0.1) is 11.8 Å². The van der Waals surface area contributed by atoms with Gasteiger partial charge in [-0.05, 0) is 41.1 Å². The van der Waals surface area contributed by atoms with E-state index in [1.54, 1.807) is 0 Å². The minimum Gasteiger partial charge on any atom is -0.382 e. The minimum atomic E-state index is -1.33. The SMILES string of the molecule is CCN(CC)S1(C(O)C(C)C)C=CC(C2CCCCC2)=C1. The van der Waals surface area contributed by atoms with E-state index < -0.39 is 10.2 Å². The third-order valence-electron chi connectivity index (χ3n) is 4.99. The number of aliphatic hydroxyl groups is 1. The van der Waals surface area contributed by atoms with Gasteiger partial charge in [-0.15, -0.1) is 10.2 Å². The number of rotatable bonds is 6. The minimum absolute atomic E-state index is 0.255. The molecule has 2 atom stereocenters. The van der Waals surface area contributed by atoms with Crippen LogP contribution in [-0.2, 0) is 0 Å². The van der Waals surface area contributed by atoms with Crippen LogP contribution in [0.5, 0.6) is 0 Å². The standard InChI is InChI=1S/C18H33NOS/c1-5-19(6-2)21(18(20)15(3)4)13-12-17(14-21)16-10-8-7-9-11-16/h12-16,18,20H,5-11H2,1-4H3. The average molecular weight is 312 g/mol. The summed E-state index contributed by atoms with van der Waals surface area (Å²) < 4.78 is 2.49. The van der Waals surface area contributed by atoms with Crippen molar-refractivity contribution in [3.63, 3.8) is 0 Å². The molecule has 1 aliphatic heterocycles. The van der Waals surface area contributed by atoms with E-state index in [4.69, 9.17) is 0 Å².